The van der Waals surface area contributed by atoms with E-state index in [0.29, 0.717) is 32.3 Å². The number of unbranched alkanes of at least 4 members (excludes halogenated alkanes) is 1. The normalized spacial score (nSPS) is 9.94. The summed E-state index contributed by atoms with van der Waals surface area (Å²) in [4.78, 5) is 21.8. The van der Waals surface area contributed by atoms with Gasteiger partial charge in [0.25, 0.3) is 0 Å². The van der Waals surface area contributed by atoms with Gasteiger partial charge in [-0.3, -0.25) is 9.59 Å². The van der Waals surface area contributed by atoms with Crippen LogP contribution in [0.3, 0.4) is 0 Å². The van der Waals surface area contributed by atoms with Crippen LogP contribution in [-0.2, 0) is 20.9 Å². The maximum atomic E-state index is 11.3. The molecular weight excluding hydrogens is 240 g/mol. The Kier molecular flexibility index (Phi) is 6.33. The van der Waals surface area contributed by atoms with E-state index in [1.165, 1.54) is 0 Å². The maximum Gasteiger partial charge on any atom is 0.306 e. The van der Waals surface area contributed by atoms with Gasteiger partial charge < -0.3 is 4.74 Å². The summed E-state index contributed by atoms with van der Waals surface area (Å²) in [6.07, 6.45) is 1.90. The van der Waals surface area contributed by atoms with Gasteiger partial charge in [-0.2, -0.15) is 0 Å². The third kappa shape index (κ3) is 6.74. The molecule has 3 nitrogen and oxygen atoms in total. The highest BCUT2D eigenvalue weighted by atomic mass is 35.5. The first-order valence-electron chi connectivity index (χ1n) is 5.56. The molecule has 1 aromatic rings. The van der Waals surface area contributed by atoms with E-state index in [-0.39, 0.29) is 11.2 Å². The summed E-state index contributed by atoms with van der Waals surface area (Å²) in [5.41, 5.74) is 0.969. The Bertz CT molecular complexity index is 362. The second kappa shape index (κ2) is 7.85. The van der Waals surface area contributed by atoms with Crippen molar-refractivity contribution >= 4 is 22.8 Å². The quantitative estimate of drug-likeness (QED) is 0.427. The van der Waals surface area contributed by atoms with Gasteiger partial charge in [-0.25, -0.2) is 0 Å². The minimum Gasteiger partial charge on any atom is -0.461 e. The lowest BCUT2D eigenvalue weighted by atomic mass is 10.2. The molecule has 0 saturated heterocycles. The molecule has 0 radical (unpaired) electrons. The van der Waals surface area contributed by atoms with Crippen LogP contribution in [0.4, 0.5) is 0 Å². The Morgan fingerprint density at radius 2 is 1.71 bits per heavy atom. The van der Waals surface area contributed by atoms with Crippen LogP contribution in [-0.4, -0.2) is 11.2 Å². The van der Waals surface area contributed by atoms with E-state index in [1.807, 2.05) is 30.3 Å². The molecule has 0 unspecified atom stereocenters. The molecule has 4 heteroatoms. The summed E-state index contributed by atoms with van der Waals surface area (Å²) < 4.78 is 5.08. The van der Waals surface area contributed by atoms with Crippen molar-refractivity contribution in [3.05, 3.63) is 35.9 Å². The summed E-state index contributed by atoms with van der Waals surface area (Å²) >= 11 is 5.18. The van der Waals surface area contributed by atoms with Crippen LogP contribution in [0.15, 0.2) is 30.3 Å². The van der Waals surface area contributed by atoms with Crippen molar-refractivity contribution in [2.75, 3.05) is 0 Å². The van der Waals surface area contributed by atoms with Crippen molar-refractivity contribution in [3.8, 4) is 0 Å². The van der Waals surface area contributed by atoms with Gasteiger partial charge in [-0.15, -0.1) is 0 Å². The monoisotopic (exact) mass is 254 g/mol. The average molecular weight is 255 g/mol. The van der Waals surface area contributed by atoms with Crippen LogP contribution in [0.5, 0.6) is 0 Å². The van der Waals surface area contributed by atoms with Crippen LogP contribution in [0.2, 0.25) is 0 Å². The number of carbonyl (C=O) groups excluding carboxylic acids is 2. The first-order valence-corrected chi connectivity index (χ1v) is 5.94. The second-order valence-electron chi connectivity index (χ2n) is 3.71. The molecule has 0 atom stereocenters. The molecule has 0 saturated carbocycles. The van der Waals surface area contributed by atoms with E-state index in [9.17, 15) is 9.59 Å². The van der Waals surface area contributed by atoms with Crippen molar-refractivity contribution in [2.24, 2.45) is 0 Å². The Balaban J connectivity index is 2.11. The molecule has 0 aliphatic rings. The SMILES string of the molecule is O=C(Cl)CCCCC(=O)OCc1ccccc1. The van der Waals surface area contributed by atoms with E-state index in [4.69, 9.17) is 16.3 Å². The zero-order valence-corrected chi connectivity index (χ0v) is 10.3. The number of benzene rings is 1. The van der Waals surface area contributed by atoms with Crippen molar-refractivity contribution in [2.45, 2.75) is 32.3 Å². The summed E-state index contributed by atoms with van der Waals surface area (Å²) in [5, 5.41) is -0.359. The fourth-order valence-corrected chi connectivity index (χ4v) is 1.48. The molecule has 0 amide bonds. The lowest BCUT2D eigenvalue weighted by Gasteiger charge is -2.04. The molecule has 1 rings (SSSR count). The largest absolute Gasteiger partial charge is 0.461 e. The second-order valence-corrected chi connectivity index (χ2v) is 4.13. The summed E-state index contributed by atoms with van der Waals surface area (Å²) in [7, 11) is 0. The van der Waals surface area contributed by atoms with Crippen molar-refractivity contribution in [1.82, 2.24) is 0 Å². The molecule has 0 aliphatic heterocycles. The van der Waals surface area contributed by atoms with Crippen LogP contribution in [0, 0.1) is 0 Å². The van der Waals surface area contributed by atoms with Gasteiger partial charge >= 0.3 is 5.97 Å². The van der Waals surface area contributed by atoms with Crippen molar-refractivity contribution < 1.29 is 14.3 Å². The number of rotatable bonds is 7. The molecule has 1 aromatic carbocycles. The Morgan fingerprint density at radius 1 is 1.06 bits per heavy atom. The minimum absolute atomic E-state index is 0.240. The van der Waals surface area contributed by atoms with Crippen molar-refractivity contribution in [3.63, 3.8) is 0 Å². The zero-order valence-electron chi connectivity index (χ0n) is 9.52. The highest BCUT2D eigenvalue weighted by Crippen LogP contribution is 2.06. The van der Waals surface area contributed by atoms with E-state index in [0.717, 1.165) is 5.56 Å². The highest BCUT2D eigenvalue weighted by Gasteiger charge is 2.04. The Morgan fingerprint density at radius 3 is 2.35 bits per heavy atom. The fourth-order valence-electron chi connectivity index (χ4n) is 1.34. The number of halogens is 1. The van der Waals surface area contributed by atoms with Gasteiger partial charge in [0.15, 0.2) is 0 Å². The maximum absolute atomic E-state index is 11.3. The fraction of sp³-hybridized carbons (Fsp3) is 0.385. The molecule has 0 aliphatic carbocycles. The zero-order chi connectivity index (χ0) is 12.5. The smallest absolute Gasteiger partial charge is 0.306 e. The number of ether oxygens (including phenoxy) is 1. The molecule has 92 valence electrons. The predicted octanol–water partition coefficient (Wildman–Crippen LogP) is 3.06. The third-order valence-corrected chi connectivity index (χ3v) is 2.44. The van der Waals surface area contributed by atoms with Crippen LogP contribution < -0.4 is 0 Å². The lowest BCUT2D eigenvalue weighted by molar-refractivity contribution is -0.145. The first kappa shape index (κ1) is 13.7. The number of hydrogen-bond acceptors (Lipinski definition) is 3. The highest BCUT2D eigenvalue weighted by molar-refractivity contribution is 6.63. The summed E-state index contributed by atoms with van der Waals surface area (Å²) in [5.74, 6) is -0.240. The van der Waals surface area contributed by atoms with Crippen LogP contribution in [0.25, 0.3) is 0 Å². The molecule has 0 aromatic heterocycles. The van der Waals surface area contributed by atoms with Crippen molar-refractivity contribution in [1.29, 1.82) is 0 Å². The lowest BCUT2D eigenvalue weighted by Crippen LogP contribution is -2.04. The molecule has 0 heterocycles. The molecule has 0 spiro atoms. The minimum atomic E-state index is -0.359. The molecule has 0 N–H and O–H groups in total. The van der Waals surface area contributed by atoms with Gasteiger partial charge in [0, 0.05) is 12.8 Å². The standard InChI is InChI=1S/C13H15ClO3/c14-12(15)8-4-5-9-13(16)17-10-11-6-2-1-3-7-11/h1-3,6-7H,4-5,8-10H2. The van der Waals surface area contributed by atoms with Gasteiger partial charge in [-0.1, -0.05) is 30.3 Å². The van der Waals surface area contributed by atoms with Gasteiger partial charge in [0.1, 0.15) is 6.61 Å². The molecule has 17 heavy (non-hydrogen) atoms. The van der Waals surface area contributed by atoms with E-state index >= 15 is 0 Å². The van der Waals surface area contributed by atoms with E-state index < -0.39 is 0 Å². The first-order chi connectivity index (χ1) is 8.18. The topological polar surface area (TPSA) is 43.4 Å². The number of esters is 1. The van der Waals surface area contributed by atoms with Gasteiger partial charge in [0.2, 0.25) is 5.24 Å². The molecular formula is C13H15ClO3. The number of carbonyl (C=O) groups is 2. The van der Waals surface area contributed by atoms with Crippen LogP contribution >= 0.6 is 11.6 Å². The summed E-state index contributed by atoms with van der Waals surface area (Å²) in [6, 6.07) is 9.51. The third-order valence-electron chi connectivity index (χ3n) is 2.25. The van der Waals surface area contributed by atoms with Gasteiger partial charge in [-0.05, 0) is 30.0 Å². The van der Waals surface area contributed by atoms with Gasteiger partial charge in [0.05, 0.1) is 0 Å². The average Bonchev–Trinajstić information content (AvgIpc) is 2.33. The van der Waals surface area contributed by atoms with E-state index in [2.05, 4.69) is 0 Å². The molecule has 0 bridgehead atoms. The predicted molar refractivity (Wildman–Crippen MR) is 65.6 cm³/mol. The summed E-state index contributed by atoms with van der Waals surface area (Å²) in [6.45, 7) is 0.300. The van der Waals surface area contributed by atoms with E-state index in [1.54, 1.807) is 0 Å². The van der Waals surface area contributed by atoms with Crippen LogP contribution in [0.1, 0.15) is 31.2 Å². The Labute approximate surface area is 106 Å². The number of hydrogen-bond donors (Lipinski definition) is 0. The molecule has 0 fully saturated rings. The Hall–Kier alpha value is -1.35.